The molecule has 2 N–H and O–H groups in total. The Kier molecular flexibility index (Phi) is 5.64. The molecule has 1 aliphatic rings. The highest BCUT2D eigenvalue weighted by Gasteiger charge is 2.24. The van der Waals surface area contributed by atoms with Crippen molar-refractivity contribution in [1.82, 2.24) is 19.9 Å². The topological polar surface area (TPSA) is 124 Å². The third kappa shape index (κ3) is 4.80. The largest absolute Gasteiger partial charge is 0.493 e. The summed E-state index contributed by atoms with van der Waals surface area (Å²) in [5.74, 6) is 1.63. The van der Waals surface area contributed by atoms with Gasteiger partial charge in [-0.1, -0.05) is 18.2 Å². The van der Waals surface area contributed by atoms with Gasteiger partial charge in [0.15, 0.2) is 11.5 Å². The van der Waals surface area contributed by atoms with Crippen LogP contribution in [0.2, 0.25) is 0 Å². The number of anilines is 3. The first-order chi connectivity index (χ1) is 16.2. The molecular formula is C23H20N6O4. The summed E-state index contributed by atoms with van der Waals surface area (Å²) in [5, 5.41) is 6.60. The number of nitrogens with one attached hydrogen (secondary N) is 2. The minimum absolute atomic E-state index is 0.133. The van der Waals surface area contributed by atoms with Gasteiger partial charge < -0.3 is 19.5 Å². The fourth-order valence-corrected chi connectivity index (χ4v) is 3.14. The Balaban J connectivity index is 1.33. The number of epoxide rings is 1. The monoisotopic (exact) mass is 444 g/mol. The van der Waals surface area contributed by atoms with Crippen molar-refractivity contribution in [2.45, 2.75) is 6.10 Å². The molecule has 1 aliphatic heterocycles. The number of hydrogen-bond donors (Lipinski definition) is 2. The van der Waals surface area contributed by atoms with Crippen LogP contribution in [0.3, 0.4) is 0 Å². The molecule has 0 radical (unpaired) electrons. The van der Waals surface area contributed by atoms with Gasteiger partial charge in [0.2, 0.25) is 5.95 Å². The van der Waals surface area contributed by atoms with Gasteiger partial charge in [0.25, 0.3) is 5.91 Å². The van der Waals surface area contributed by atoms with E-state index in [1.165, 1.54) is 6.33 Å². The summed E-state index contributed by atoms with van der Waals surface area (Å²) >= 11 is 0. The molecule has 2 aromatic heterocycles. The van der Waals surface area contributed by atoms with E-state index < -0.39 is 0 Å². The van der Waals surface area contributed by atoms with Crippen LogP contribution < -0.4 is 20.1 Å². The average Bonchev–Trinajstić information content (AvgIpc) is 3.69. The molecule has 166 valence electrons. The van der Waals surface area contributed by atoms with E-state index in [4.69, 9.17) is 14.2 Å². The smallest absolute Gasteiger partial charge is 0.258 e. The van der Waals surface area contributed by atoms with E-state index in [2.05, 4.69) is 30.6 Å². The molecule has 0 saturated carbocycles. The van der Waals surface area contributed by atoms with Crippen molar-refractivity contribution < 1.29 is 19.0 Å². The second kappa shape index (κ2) is 9.05. The molecule has 1 fully saturated rings. The zero-order chi connectivity index (χ0) is 22.6. The second-order valence-electron chi connectivity index (χ2n) is 7.25. The van der Waals surface area contributed by atoms with Crippen LogP contribution in [0.1, 0.15) is 10.4 Å². The third-order valence-electron chi connectivity index (χ3n) is 4.92. The third-order valence-corrected chi connectivity index (χ3v) is 4.92. The van der Waals surface area contributed by atoms with Crippen molar-refractivity contribution in [2.24, 2.45) is 0 Å². The van der Waals surface area contributed by atoms with Crippen LogP contribution in [0.15, 0.2) is 61.2 Å². The lowest BCUT2D eigenvalue weighted by molar-refractivity contribution is 0.102. The number of nitrogens with zero attached hydrogens (tertiary/aromatic N) is 4. The predicted octanol–water partition coefficient (Wildman–Crippen LogP) is 3.20. The molecule has 33 heavy (non-hydrogen) atoms. The summed E-state index contributed by atoms with van der Waals surface area (Å²) in [7, 11) is 1.58. The molecule has 10 heteroatoms. The fraction of sp³-hybridized carbons (Fsp3) is 0.174. The van der Waals surface area contributed by atoms with E-state index in [-0.39, 0.29) is 18.0 Å². The van der Waals surface area contributed by atoms with E-state index in [0.29, 0.717) is 47.3 Å². The average molecular weight is 444 g/mol. The van der Waals surface area contributed by atoms with Crippen LogP contribution in [0.5, 0.6) is 11.5 Å². The number of benzene rings is 2. The van der Waals surface area contributed by atoms with Crippen LogP contribution in [0, 0.1) is 0 Å². The van der Waals surface area contributed by atoms with Gasteiger partial charge in [0, 0.05) is 17.0 Å². The Morgan fingerprint density at radius 2 is 1.88 bits per heavy atom. The highest BCUT2D eigenvalue weighted by molar-refractivity contribution is 6.03. The van der Waals surface area contributed by atoms with Crippen LogP contribution in [0.25, 0.3) is 10.9 Å². The molecule has 2 aromatic carbocycles. The lowest BCUT2D eigenvalue weighted by atomic mass is 10.2. The summed E-state index contributed by atoms with van der Waals surface area (Å²) in [6.45, 7) is 1.17. The molecule has 1 atom stereocenters. The van der Waals surface area contributed by atoms with Crippen molar-refractivity contribution in [2.75, 3.05) is 31.0 Å². The van der Waals surface area contributed by atoms with Crippen LogP contribution in [-0.2, 0) is 4.74 Å². The fourth-order valence-electron chi connectivity index (χ4n) is 3.14. The zero-order valence-corrected chi connectivity index (χ0v) is 17.7. The lowest BCUT2D eigenvalue weighted by Gasteiger charge is -2.13. The predicted molar refractivity (Wildman–Crippen MR) is 121 cm³/mol. The second-order valence-corrected chi connectivity index (χ2v) is 7.25. The van der Waals surface area contributed by atoms with Crippen LogP contribution >= 0.6 is 0 Å². The molecule has 1 saturated heterocycles. The molecule has 4 aromatic rings. The number of aromatic nitrogens is 4. The standard InChI is InChI=1S/C23H20N6O4/c1-31-19-7-17-18(8-20(19)33-12-16-11-32-16)26-13-27-21(17)28-15-9-24-23(25-10-15)29-22(30)14-5-3-2-4-6-14/h2-10,13,16H,11-12H2,1H3,(H,26,27,28)(H,24,25,29,30)/t16-/m0/s1. The molecule has 0 bridgehead atoms. The van der Waals surface area contributed by atoms with Crippen LogP contribution in [-0.4, -0.2) is 52.3 Å². The maximum absolute atomic E-state index is 12.3. The van der Waals surface area contributed by atoms with Crippen LogP contribution in [0.4, 0.5) is 17.5 Å². The maximum Gasteiger partial charge on any atom is 0.258 e. The molecule has 0 unspecified atom stereocenters. The lowest BCUT2D eigenvalue weighted by Crippen LogP contribution is -2.14. The number of rotatable bonds is 8. The van der Waals surface area contributed by atoms with Gasteiger partial charge in [-0.15, -0.1) is 0 Å². The van der Waals surface area contributed by atoms with Gasteiger partial charge >= 0.3 is 0 Å². The first kappa shape index (κ1) is 20.6. The Bertz CT molecular complexity index is 1280. The number of ether oxygens (including phenoxy) is 3. The number of carbonyl (C=O) groups is 1. The zero-order valence-electron chi connectivity index (χ0n) is 17.7. The van der Waals surface area contributed by atoms with Crippen molar-refractivity contribution in [3.8, 4) is 11.5 Å². The Morgan fingerprint density at radius 3 is 2.61 bits per heavy atom. The summed E-state index contributed by atoms with van der Waals surface area (Å²) in [6, 6.07) is 12.5. The SMILES string of the molecule is COc1cc2c(Nc3cnc(NC(=O)c4ccccc4)nc3)ncnc2cc1OC[C@@H]1CO1. The molecule has 10 nitrogen and oxygen atoms in total. The van der Waals surface area contributed by atoms with E-state index in [0.717, 1.165) is 5.39 Å². The summed E-state index contributed by atoms with van der Waals surface area (Å²) < 4.78 is 16.5. The number of hydrogen-bond acceptors (Lipinski definition) is 9. The van der Waals surface area contributed by atoms with E-state index in [1.54, 1.807) is 43.8 Å². The highest BCUT2D eigenvalue weighted by atomic mass is 16.6. The summed E-state index contributed by atoms with van der Waals surface area (Å²) in [5.41, 5.74) is 1.81. The van der Waals surface area contributed by atoms with Gasteiger partial charge in [-0.25, -0.2) is 19.9 Å². The van der Waals surface area contributed by atoms with Gasteiger partial charge in [0.1, 0.15) is 24.9 Å². The van der Waals surface area contributed by atoms with Gasteiger partial charge in [-0.3, -0.25) is 10.1 Å². The van der Waals surface area contributed by atoms with Crippen molar-refractivity contribution in [1.29, 1.82) is 0 Å². The Hall–Kier alpha value is -4.31. The Labute approximate surface area is 189 Å². The van der Waals surface area contributed by atoms with E-state index >= 15 is 0 Å². The molecule has 0 aliphatic carbocycles. The van der Waals surface area contributed by atoms with Crippen molar-refractivity contribution in [3.63, 3.8) is 0 Å². The minimum atomic E-state index is -0.281. The Morgan fingerprint density at radius 1 is 1.09 bits per heavy atom. The highest BCUT2D eigenvalue weighted by Crippen LogP contribution is 2.35. The van der Waals surface area contributed by atoms with Gasteiger partial charge in [0.05, 0.1) is 37.3 Å². The van der Waals surface area contributed by atoms with Gasteiger partial charge in [-0.05, 0) is 18.2 Å². The first-order valence-corrected chi connectivity index (χ1v) is 10.2. The van der Waals surface area contributed by atoms with E-state index in [9.17, 15) is 4.79 Å². The normalized spacial score (nSPS) is 14.5. The summed E-state index contributed by atoms with van der Waals surface area (Å²) in [6.07, 6.45) is 4.71. The number of carbonyl (C=O) groups excluding carboxylic acids is 1. The number of methoxy groups -OCH3 is 1. The van der Waals surface area contributed by atoms with E-state index in [1.807, 2.05) is 18.2 Å². The number of amides is 1. The molecule has 5 rings (SSSR count). The minimum Gasteiger partial charge on any atom is -0.493 e. The first-order valence-electron chi connectivity index (χ1n) is 10.2. The molecule has 3 heterocycles. The molecular weight excluding hydrogens is 424 g/mol. The van der Waals surface area contributed by atoms with Crippen molar-refractivity contribution >= 4 is 34.3 Å². The quantitative estimate of drug-likeness (QED) is 0.394. The molecule has 1 amide bonds. The number of fused-ring (bicyclic) bond motifs is 1. The summed E-state index contributed by atoms with van der Waals surface area (Å²) in [4.78, 5) is 29.4. The molecule has 0 spiro atoms. The van der Waals surface area contributed by atoms with Gasteiger partial charge in [-0.2, -0.15) is 0 Å². The maximum atomic E-state index is 12.3. The van der Waals surface area contributed by atoms with Crippen molar-refractivity contribution in [3.05, 3.63) is 66.7 Å².